The predicted octanol–water partition coefficient (Wildman–Crippen LogP) is -0.304. The molecule has 0 saturated carbocycles. The Balaban J connectivity index is 2.30. The molecule has 0 aliphatic carbocycles. The molecule has 0 unspecified atom stereocenters. The van der Waals surface area contributed by atoms with Gasteiger partial charge in [0.05, 0.1) is 19.3 Å². The van der Waals surface area contributed by atoms with Crippen LogP contribution in [0.2, 0.25) is 0 Å². The molecule has 2 N–H and O–H groups in total. The van der Waals surface area contributed by atoms with Crippen LogP contribution in [0.3, 0.4) is 0 Å². The molecule has 1 heterocycles. The van der Waals surface area contributed by atoms with E-state index >= 15 is 0 Å². The Labute approximate surface area is 81.9 Å². The minimum absolute atomic E-state index is 0.0630. The van der Waals surface area contributed by atoms with Gasteiger partial charge in [-0.05, 0) is 6.42 Å². The molecule has 6 heteroatoms. The van der Waals surface area contributed by atoms with Gasteiger partial charge >= 0.3 is 5.97 Å². The van der Waals surface area contributed by atoms with Gasteiger partial charge in [0.1, 0.15) is 6.04 Å². The van der Waals surface area contributed by atoms with E-state index in [1.165, 1.54) is 0 Å². The van der Waals surface area contributed by atoms with Crippen molar-refractivity contribution < 1.29 is 24.9 Å². The Morgan fingerprint density at radius 2 is 2.36 bits per heavy atom. The second kappa shape index (κ2) is 5.26. The molecule has 1 aliphatic rings. The molecule has 0 aromatic rings. The van der Waals surface area contributed by atoms with Crippen molar-refractivity contribution in [3.05, 3.63) is 0 Å². The number of β-amino-alcohol motifs (C(OH)–C–C–N with tert-alkyl or cyclic N) is 1. The zero-order chi connectivity index (χ0) is 10.6. The van der Waals surface area contributed by atoms with Gasteiger partial charge in [0.25, 0.3) is 0 Å². The molecule has 0 amide bonds. The van der Waals surface area contributed by atoms with Crippen molar-refractivity contribution in [2.24, 2.45) is 0 Å². The van der Waals surface area contributed by atoms with Crippen molar-refractivity contribution in [2.45, 2.75) is 31.9 Å². The van der Waals surface area contributed by atoms with Crippen molar-refractivity contribution in [3.8, 4) is 0 Å². The monoisotopic (exact) mass is 205 g/mol. The SMILES string of the molecule is CCCOOC(=O)[C@@H]1C[C@H](O)CN1O. The van der Waals surface area contributed by atoms with Gasteiger partial charge in [0, 0.05) is 6.42 Å². The number of aliphatic hydroxyl groups is 1. The quantitative estimate of drug-likeness (QED) is 0.372. The van der Waals surface area contributed by atoms with Gasteiger partial charge in [0.2, 0.25) is 0 Å². The van der Waals surface area contributed by atoms with Crippen LogP contribution < -0.4 is 0 Å². The zero-order valence-corrected chi connectivity index (χ0v) is 8.05. The van der Waals surface area contributed by atoms with Gasteiger partial charge in [-0.25, -0.2) is 4.79 Å². The van der Waals surface area contributed by atoms with E-state index in [1.54, 1.807) is 0 Å². The normalized spacial score (nSPS) is 27.9. The number of rotatable bonds is 4. The Hall–Kier alpha value is -0.690. The van der Waals surface area contributed by atoms with E-state index < -0.39 is 18.1 Å². The summed E-state index contributed by atoms with van der Waals surface area (Å²) >= 11 is 0. The first-order valence-corrected chi connectivity index (χ1v) is 4.62. The smallest absolute Gasteiger partial charge is 0.361 e. The maximum Gasteiger partial charge on any atom is 0.361 e. The van der Waals surface area contributed by atoms with Gasteiger partial charge in [0.15, 0.2) is 0 Å². The summed E-state index contributed by atoms with van der Waals surface area (Å²) in [5, 5.41) is 19.1. The number of hydrogen-bond donors (Lipinski definition) is 2. The average molecular weight is 205 g/mol. The van der Waals surface area contributed by atoms with E-state index in [1.807, 2.05) is 6.92 Å². The molecule has 0 aromatic heterocycles. The minimum Gasteiger partial charge on any atom is -0.392 e. The second-order valence-corrected chi connectivity index (χ2v) is 3.25. The third-order valence-electron chi connectivity index (χ3n) is 1.95. The first kappa shape index (κ1) is 11.4. The molecule has 0 radical (unpaired) electrons. The van der Waals surface area contributed by atoms with Gasteiger partial charge in [-0.2, -0.15) is 9.95 Å². The predicted molar refractivity (Wildman–Crippen MR) is 45.2 cm³/mol. The molecule has 82 valence electrons. The summed E-state index contributed by atoms with van der Waals surface area (Å²) in [5.41, 5.74) is 0. The molecule has 6 nitrogen and oxygen atoms in total. The summed E-state index contributed by atoms with van der Waals surface area (Å²) in [6, 6.07) is -0.818. The molecule has 2 atom stereocenters. The molecular formula is C8H15NO5. The molecule has 1 saturated heterocycles. The molecular weight excluding hydrogens is 190 g/mol. The molecule has 1 fully saturated rings. The van der Waals surface area contributed by atoms with Crippen molar-refractivity contribution in [1.29, 1.82) is 0 Å². The Bertz CT molecular complexity index is 198. The molecule has 1 rings (SSSR count). The van der Waals surface area contributed by atoms with Crippen LogP contribution in [0.5, 0.6) is 0 Å². The van der Waals surface area contributed by atoms with Crippen LogP contribution in [0.4, 0.5) is 0 Å². The van der Waals surface area contributed by atoms with Gasteiger partial charge in [-0.15, -0.1) is 0 Å². The zero-order valence-electron chi connectivity index (χ0n) is 8.05. The maximum absolute atomic E-state index is 11.2. The summed E-state index contributed by atoms with van der Waals surface area (Å²) in [6.45, 7) is 2.27. The molecule has 0 aromatic carbocycles. The van der Waals surface area contributed by atoms with E-state index in [-0.39, 0.29) is 13.0 Å². The van der Waals surface area contributed by atoms with Crippen LogP contribution in [-0.4, -0.2) is 46.6 Å². The van der Waals surface area contributed by atoms with Crippen molar-refractivity contribution >= 4 is 5.97 Å². The third-order valence-corrected chi connectivity index (χ3v) is 1.95. The summed E-state index contributed by atoms with van der Waals surface area (Å²) in [4.78, 5) is 20.2. The number of hydrogen-bond acceptors (Lipinski definition) is 6. The van der Waals surface area contributed by atoms with E-state index in [4.69, 9.17) is 5.11 Å². The Morgan fingerprint density at radius 3 is 2.86 bits per heavy atom. The lowest BCUT2D eigenvalue weighted by Gasteiger charge is -2.14. The highest BCUT2D eigenvalue weighted by atomic mass is 17.2. The maximum atomic E-state index is 11.2. The molecule has 0 bridgehead atoms. The highest BCUT2D eigenvalue weighted by molar-refractivity contribution is 5.75. The van der Waals surface area contributed by atoms with Crippen LogP contribution in [0, 0.1) is 0 Å². The van der Waals surface area contributed by atoms with E-state index in [0.717, 1.165) is 11.5 Å². The molecule has 1 aliphatic heterocycles. The number of aliphatic hydroxyl groups excluding tert-OH is 1. The summed E-state index contributed by atoms with van der Waals surface area (Å²) in [7, 11) is 0. The summed E-state index contributed by atoms with van der Waals surface area (Å²) in [6.07, 6.45) is 0.220. The standard InChI is InChI=1S/C8H15NO5/c1-2-3-13-14-8(11)7-4-6(10)5-9(7)12/h6-7,10,12H,2-5H2,1H3/t6-,7-/m0/s1. The van der Waals surface area contributed by atoms with Crippen LogP contribution in [0.25, 0.3) is 0 Å². The van der Waals surface area contributed by atoms with Crippen molar-refractivity contribution in [2.75, 3.05) is 13.2 Å². The van der Waals surface area contributed by atoms with Gasteiger partial charge in [-0.3, -0.25) is 4.89 Å². The summed E-state index contributed by atoms with van der Waals surface area (Å²) < 4.78 is 0. The topological polar surface area (TPSA) is 79.2 Å². The van der Waals surface area contributed by atoms with Gasteiger partial charge < -0.3 is 10.3 Å². The fraction of sp³-hybridized carbons (Fsp3) is 0.875. The average Bonchev–Trinajstić information content (AvgIpc) is 2.45. The number of nitrogens with zero attached hydrogens (tertiary/aromatic N) is 1. The highest BCUT2D eigenvalue weighted by Crippen LogP contribution is 2.16. The van der Waals surface area contributed by atoms with E-state index in [9.17, 15) is 10.0 Å². The van der Waals surface area contributed by atoms with Crippen LogP contribution in [0.1, 0.15) is 19.8 Å². The Morgan fingerprint density at radius 1 is 1.64 bits per heavy atom. The lowest BCUT2D eigenvalue weighted by atomic mass is 10.2. The number of hydroxylamine groups is 2. The largest absolute Gasteiger partial charge is 0.392 e. The van der Waals surface area contributed by atoms with E-state index in [2.05, 4.69) is 9.78 Å². The lowest BCUT2D eigenvalue weighted by molar-refractivity contribution is -0.280. The number of carbonyl (C=O) groups is 1. The highest BCUT2D eigenvalue weighted by Gasteiger charge is 2.37. The van der Waals surface area contributed by atoms with E-state index in [0.29, 0.717) is 6.61 Å². The van der Waals surface area contributed by atoms with Crippen LogP contribution in [0.15, 0.2) is 0 Å². The fourth-order valence-corrected chi connectivity index (χ4v) is 1.25. The first-order valence-electron chi connectivity index (χ1n) is 4.62. The number of carbonyl (C=O) groups excluding carboxylic acids is 1. The molecule has 0 spiro atoms. The van der Waals surface area contributed by atoms with Crippen LogP contribution in [-0.2, 0) is 14.6 Å². The lowest BCUT2D eigenvalue weighted by Crippen LogP contribution is -2.34. The fourth-order valence-electron chi connectivity index (χ4n) is 1.25. The van der Waals surface area contributed by atoms with Crippen molar-refractivity contribution in [3.63, 3.8) is 0 Å². The first-order chi connectivity index (χ1) is 6.65. The third kappa shape index (κ3) is 2.91. The second-order valence-electron chi connectivity index (χ2n) is 3.25. The van der Waals surface area contributed by atoms with Crippen molar-refractivity contribution in [1.82, 2.24) is 5.06 Å². The Kier molecular flexibility index (Phi) is 4.27. The molecule has 14 heavy (non-hydrogen) atoms. The minimum atomic E-state index is -0.818. The summed E-state index contributed by atoms with van der Waals surface area (Å²) in [5.74, 6) is -0.669. The van der Waals surface area contributed by atoms with Gasteiger partial charge in [-0.1, -0.05) is 6.92 Å². The van der Waals surface area contributed by atoms with Crippen LogP contribution >= 0.6 is 0 Å².